The van der Waals surface area contributed by atoms with Crippen LogP contribution in [0.4, 0.5) is 0 Å². The Morgan fingerprint density at radius 2 is 1.50 bits per heavy atom. The fourth-order valence-electron chi connectivity index (χ4n) is 4.62. The van der Waals surface area contributed by atoms with Crippen LogP contribution in [0.25, 0.3) is 10.2 Å². The van der Waals surface area contributed by atoms with Crippen molar-refractivity contribution in [2.24, 2.45) is 0 Å². The van der Waals surface area contributed by atoms with Crippen LogP contribution in [-0.4, -0.2) is 74.7 Å². The molecule has 0 bridgehead atoms. The number of esters is 2. The molecule has 44 heavy (non-hydrogen) atoms. The molecule has 0 saturated carbocycles. The number of nitrogens with zero attached hydrogens (tertiary/aromatic N) is 2. The van der Waals surface area contributed by atoms with Gasteiger partial charge >= 0.3 is 11.9 Å². The maximum absolute atomic E-state index is 12.6. The predicted octanol–water partition coefficient (Wildman–Crippen LogP) is 4.48. The summed E-state index contributed by atoms with van der Waals surface area (Å²) in [6, 6.07) is 7.21. The quantitative estimate of drug-likeness (QED) is 0.126. The van der Waals surface area contributed by atoms with Crippen LogP contribution in [0.3, 0.4) is 0 Å². The number of fused-ring (bicyclic) bond motifs is 2. The first-order valence-corrected chi connectivity index (χ1v) is 15.0. The van der Waals surface area contributed by atoms with Crippen LogP contribution < -0.4 is 18.9 Å². The van der Waals surface area contributed by atoms with Gasteiger partial charge in [-0.05, 0) is 36.2 Å². The van der Waals surface area contributed by atoms with Crippen molar-refractivity contribution in [3.8, 4) is 23.1 Å². The monoisotopic (exact) mass is 628 g/mol. The molecule has 13 heteroatoms. The van der Waals surface area contributed by atoms with Gasteiger partial charge in [0, 0.05) is 38.4 Å². The number of aromatic nitrogens is 1. The lowest BCUT2D eigenvalue weighted by atomic mass is 10.1. The van der Waals surface area contributed by atoms with E-state index in [1.165, 1.54) is 25.6 Å². The number of amides is 1. The number of hydrogen-bond acceptors (Lipinski definition) is 12. The van der Waals surface area contributed by atoms with E-state index >= 15 is 0 Å². The molecule has 0 radical (unpaired) electrons. The highest BCUT2D eigenvalue weighted by atomic mass is 32.1. The van der Waals surface area contributed by atoms with Gasteiger partial charge in [-0.25, -0.2) is 4.98 Å². The number of rotatable bonds is 16. The molecule has 0 spiro atoms. The zero-order valence-electron chi connectivity index (χ0n) is 25.3. The third-order valence-electron chi connectivity index (χ3n) is 6.91. The number of Topliss-reactive ketones (excluding diaryl/α,β-unsaturated/α-hetero) is 1. The molecule has 12 nitrogen and oxygen atoms in total. The van der Waals surface area contributed by atoms with E-state index in [0.717, 1.165) is 15.8 Å². The normalized spacial score (nSPS) is 12.0. The standard InChI is InChI=1S/C31H36N2O10S/c1-5-41-30(37)10-8-28(35)33-17-19-13-23(38-2)24(14-20(19)18-33)42-11-6-12-43-31-25(39-3)16-26-21(32-31)15-27(44-26)22(34)7-9-29(36)40-4/h13-16H,5-12,17-18H2,1-4H3. The van der Waals surface area contributed by atoms with Gasteiger partial charge in [-0.15, -0.1) is 11.3 Å². The Hall–Kier alpha value is -4.39. The Kier molecular flexibility index (Phi) is 11.4. The van der Waals surface area contributed by atoms with Crippen molar-refractivity contribution in [3.05, 3.63) is 40.3 Å². The number of ketones is 1. The van der Waals surface area contributed by atoms with Crippen molar-refractivity contribution in [2.45, 2.75) is 52.1 Å². The Labute approximate surface area is 259 Å². The molecule has 0 N–H and O–H groups in total. The van der Waals surface area contributed by atoms with E-state index < -0.39 is 5.97 Å². The molecule has 0 saturated heterocycles. The van der Waals surface area contributed by atoms with E-state index in [9.17, 15) is 19.2 Å². The zero-order valence-corrected chi connectivity index (χ0v) is 26.1. The van der Waals surface area contributed by atoms with E-state index in [1.54, 1.807) is 31.1 Å². The van der Waals surface area contributed by atoms with E-state index in [0.29, 0.717) is 72.9 Å². The van der Waals surface area contributed by atoms with Gasteiger partial charge in [0.1, 0.15) is 0 Å². The fourth-order valence-corrected chi connectivity index (χ4v) is 5.62. The van der Waals surface area contributed by atoms with Crippen LogP contribution in [0.5, 0.6) is 23.1 Å². The molecule has 1 aliphatic rings. The SMILES string of the molecule is CCOC(=O)CCC(=O)N1Cc2cc(OC)c(OCCCOc3nc4cc(C(=O)CCC(=O)OC)sc4cc3OC)cc2C1. The summed E-state index contributed by atoms with van der Waals surface area (Å²) in [5, 5.41) is 0. The molecule has 1 aliphatic heterocycles. The number of methoxy groups -OCH3 is 3. The summed E-state index contributed by atoms with van der Waals surface area (Å²) < 4.78 is 33.2. The summed E-state index contributed by atoms with van der Waals surface area (Å²) in [5.74, 6) is 0.780. The van der Waals surface area contributed by atoms with Gasteiger partial charge in [0.25, 0.3) is 5.88 Å². The second-order valence-electron chi connectivity index (χ2n) is 9.87. The molecule has 236 valence electrons. The summed E-state index contributed by atoms with van der Waals surface area (Å²) in [7, 11) is 4.37. The molecule has 3 aromatic rings. The lowest BCUT2D eigenvalue weighted by molar-refractivity contribution is -0.145. The Balaban J connectivity index is 1.30. The summed E-state index contributed by atoms with van der Waals surface area (Å²) in [4.78, 5) is 54.9. The van der Waals surface area contributed by atoms with Crippen LogP contribution in [0.1, 0.15) is 59.8 Å². The van der Waals surface area contributed by atoms with Gasteiger partial charge in [-0.1, -0.05) is 0 Å². The molecule has 4 rings (SSSR count). The lowest BCUT2D eigenvalue weighted by Crippen LogP contribution is -2.25. The van der Waals surface area contributed by atoms with Gasteiger partial charge in [0.05, 0.1) is 69.1 Å². The predicted molar refractivity (Wildman–Crippen MR) is 160 cm³/mol. The maximum Gasteiger partial charge on any atom is 0.306 e. The maximum atomic E-state index is 12.6. The van der Waals surface area contributed by atoms with Crippen LogP contribution >= 0.6 is 11.3 Å². The van der Waals surface area contributed by atoms with Crippen LogP contribution in [-0.2, 0) is 36.9 Å². The number of ether oxygens (including phenoxy) is 6. The van der Waals surface area contributed by atoms with Gasteiger partial charge in [-0.3, -0.25) is 19.2 Å². The Bertz CT molecular complexity index is 1520. The van der Waals surface area contributed by atoms with Crippen molar-refractivity contribution in [3.63, 3.8) is 0 Å². The molecule has 2 aromatic heterocycles. The third kappa shape index (κ3) is 8.16. The third-order valence-corrected chi connectivity index (χ3v) is 8.02. The molecule has 0 atom stereocenters. The first-order chi connectivity index (χ1) is 21.3. The Morgan fingerprint density at radius 1 is 0.818 bits per heavy atom. The molecule has 1 aromatic carbocycles. The molecule has 0 fully saturated rings. The number of hydrogen-bond donors (Lipinski definition) is 0. The minimum atomic E-state index is -0.434. The van der Waals surface area contributed by atoms with Crippen LogP contribution in [0, 0.1) is 0 Å². The number of thiophene rings is 1. The molecule has 0 aliphatic carbocycles. The van der Waals surface area contributed by atoms with Gasteiger partial charge < -0.3 is 33.3 Å². The fraction of sp³-hybridized carbons (Fsp3) is 0.452. The second-order valence-corrected chi connectivity index (χ2v) is 10.9. The van der Waals surface area contributed by atoms with Crippen molar-refractivity contribution in [1.29, 1.82) is 0 Å². The average molecular weight is 629 g/mol. The highest BCUT2D eigenvalue weighted by molar-refractivity contribution is 7.20. The smallest absolute Gasteiger partial charge is 0.306 e. The molecule has 0 unspecified atom stereocenters. The van der Waals surface area contributed by atoms with Crippen molar-refractivity contribution < 1.29 is 47.6 Å². The Morgan fingerprint density at radius 3 is 2.18 bits per heavy atom. The first kappa shape index (κ1) is 32.5. The minimum Gasteiger partial charge on any atom is -0.493 e. The topological polar surface area (TPSA) is 140 Å². The van der Waals surface area contributed by atoms with E-state index in [-0.39, 0.29) is 43.3 Å². The first-order valence-electron chi connectivity index (χ1n) is 14.2. The molecular weight excluding hydrogens is 592 g/mol. The van der Waals surface area contributed by atoms with Gasteiger partial charge in [0.2, 0.25) is 5.91 Å². The second kappa shape index (κ2) is 15.4. The van der Waals surface area contributed by atoms with E-state index in [2.05, 4.69) is 9.72 Å². The summed E-state index contributed by atoms with van der Waals surface area (Å²) in [6.07, 6.45) is 0.763. The largest absolute Gasteiger partial charge is 0.493 e. The van der Waals surface area contributed by atoms with Gasteiger partial charge in [-0.2, -0.15) is 0 Å². The highest BCUT2D eigenvalue weighted by Crippen LogP contribution is 2.36. The van der Waals surface area contributed by atoms with Gasteiger partial charge in [0.15, 0.2) is 23.0 Å². The summed E-state index contributed by atoms with van der Waals surface area (Å²) in [5.41, 5.74) is 2.53. The number of benzene rings is 1. The van der Waals surface area contributed by atoms with Crippen molar-refractivity contribution in [1.82, 2.24) is 9.88 Å². The molecule has 1 amide bonds. The van der Waals surface area contributed by atoms with E-state index in [1.807, 2.05) is 12.1 Å². The molecule has 3 heterocycles. The van der Waals surface area contributed by atoms with Crippen molar-refractivity contribution in [2.75, 3.05) is 41.2 Å². The lowest BCUT2D eigenvalue weighted by Gasteiger charge is -2.14. The van der Waals surface area contributed by atoms with E-state index in [4.69, 9.17) is 23.7 Å². The average Bonchev–Trinajstić information content (AvgIpc) is 3.64. The highest BCUT2D eigenvalue weighted by Gasteiger charge is 2.26. The van der Waals surface area contributed by atoms with Crippen LogP contribution in [0.2, 0.25) is 0 Å². The molecular formula is C31H36N2O10S. The zero-order chi connectivity index (χ0) is 31.6. The minimum absolute atomic E-state index is 0.0186. The summed E-state index contributed by atoms with van der Waals surface area (Å²) in [6.45, 7) is 3.51. The summed E-state index contributed by atoms with van der Waals surface area (Å²) >= 11 is 1.28. The number of carbonyl (C=O) groups is 4. The number of pyridine rings is 1. The van der Waals surface area contributed by atoms with Crippen LogP contribution in [0.15, 0.2) is 24.3 Å². The number of carbonyl (C=O) groups excluding carboxylic acids is 4. The van der Waals surface area contributed by atoms with Crippen molar-refractivity contribution >= 4 is 45.2 Å².